The van der Waals surface area contributed by atoms with E-state index < -0.39 is 0 Å². The maximum atomic E-state index is 12.0. The van der Waals surface area contributed by atoms with Gasteiger partial charge in [0.25, 0.3) is 0 Å². The third-order valence-corrected chi connectivity index (χ3v) is 4.00. The highest BCUT2D eigenvalue weighted by Gasteiger charge is 2.37. The van der Waals surface area contributed by atoms with E-state index in [4.69, 9.17) is 12.2 Å². The fourth-order valence-electron chi connectivity index (χ4n) is 1.83. The van der Waals surface area contributed by atoms with Gasteiger partial charge in [0.2, 0.25) is 5.91 Å². The summed E-state index contributed by atoms with van der Waals surface area (Å²) in [6, 6.07) is 7.81. The Morgan fingerprint density at radius 3 is 2.80 bits per heavy atom. The Balaban J connectivity index is 2.51. The van der Waals surface area contributed by atoms with Gasteiger partial charge in [0, 0.05) is 12.7 Å². The highest BCUT2D eigenvalue weighted by atomic mass is 32.2. The average molecular weight is 237 g/mol. The molecule has 0 spiro atoms. The summed E-state index contributed by atoms with van der Waals surface area (Å²) in [5, 5.41) is 0. The molecule has 1 aromatic carbocycles. The van der Waals surface area contributed by atoms with Crippen molar-refractivity contribution in [2.24, 2.45) is 0 Å². The van der Waals surface area contributed by atoms with Crippen LogP contribution in [0.5, 0.6) is 0 Å². The van der Waals surface area contributed by atoms with Gasteiger partial charge < -0.3 is 4.90 Å². The number of nitrogens with zero attached hydrogens (tertiary/aromatic N) is 1. The molecule has 0 aromatic heterocycles. The highest BCUT2D eigenvalue weighted by molar-refractivity contribution is 8.22. The van der Waals surface area contributed by atoms with Gasteiger partial charge in [0.05, 0.1) is 4.20 Å². The van der Waals surface area contributed by atoms with Crippen molar-refractivity contribution in [1.82, 2.24) is 0 Å². The number of rotatable bonds is 1. The lowest BCUT2D eigenvalue weighted by Gasteiger charge is -2.10. The van der Waals surface area contributed by atoms with Crippen molar-refractivity contribution in [3.63, 3.8) is 0 Å². The summed E-state index contributed by atoms with van der Waals surface area (Å²) in [4.78, 5) is 13.7. The Hall–Kier alpha value is -0.870. The molecule has 0 bridgehead atoms. The third kappa shape index (κ3) is 1.58. The smallest absolute Gasteiger partial charge is 0.240 e. The molecule has 78 valence electrons. The Kier molecular flexibility index (Phi) is 2.80. The molecule has 0 N–H and O–H groups in total. The van der Waals surface area contributed by atoms with Crippen molar-refractivity contribution in [3.8, 4) is 0 Å². The van der Waals surface area contributed by atoms with Crippen LogP contribution in [0.1, 0.15) is 11.5 Å². The lowest BCUT2D eigenvalue weighted by molar-refractivity contribution is -0.117. The lowest BCUT2D eigenvalue weighted by atomic mass is 10.0. The van der Waals surface area contributed by atoms with Crippen molar-refractivity contribution >= 4 is 39.8 Å². The van der Waals surface area contributed by atoms with Crippen LogP contribution in [0.4, 0.5) is 5.69 Å². The zero-order valence-electron chi connectivity index (χ0n) is 8.56. The minimum Gasteiger partial charge on any atom is -0.314 e. The maximum absolute atomic E-state index is 12.0. The van der Waals surface area contributed by atoms with Crippen molar-refractivity contribution < 1.29 is 4.79 Å². The zero-order valence-corrected chi connectivity index (χ0v) is 10.2. The Morgan fingerprint density at radius 1 is 1.47 bits per heavy atom. The van der Waals surface area contributed by atoms with Gasteiger partial charge in [-0.15, -0.1) is 11.8 Å². The predicted octanol–water partition coefficient (Wildman–Crippen LogP) is 2.44. The van der Waals surface area contributed by atoms with Gasteiger partial charge in [0.15, 0.2) is 0 Å². The zero-order chi connectivity index (χ0) is 11.0. The number of carbonyl (C=O) groups is 1. The van der Waals surface area contributed by atoms with Crippen molar-refractivity contribution in [2.75, 3.05) is 18.2 Å². The van der Waals surface area contributed by atoms with E-state index in [1.165, 1.54) is 11.8 Å². The average Bonchev–Trinajstić information content (AvgIpc) is 2.52. The number of thiocarbonyl (C=S) groups is 1. The molecule has 1 heterocycles. The second kappa shape index (κ2) is 3.94. The number of fused-ring (bicyclic) bond motifs is 1. The van der Waals surface area contributed by atoms with Crippen LogP contribution < -0.4 is 4.90 Å². The molecular weight excluding hydrogens is 226 g/mol. The minimum atomic E-state index is -0.240. The second-order valence-corrected chi connectivity index (χ2v) is 4.96. The van der Waals surface area contributed by atoms with Crippen molar-refractivity contribution in [1.29, 1.82) is 0 Å². The van der Waals surface area contributed by atoms with E-state index >= 15 is 0 Å². The van der Waals surface area contributed by atoms with E-state index in [9.17, 15) is 4.79 Å². The summed E-state index contributed by atoms with van der Waals surface area (Å²) in [5.74, 6) is -0.160. The van der Waals surface area contributed by atoms with Gasteiger partial charge in [-0.1, -0.05) is 30.4 Å². The molecule has 1 aliphatic rings. The van der Waals surface area contributed by atoms with E-state index in [1.54, 1.807) is 11.9 Å². The number of hydrogen-bond acceptors (Lipinski definition) is 3. The van der Waals surface area contributed by atoms with E-state index in [2.05, 4.69) is 0 Å². The van der Waals surface area contributed by atoms with Crippen LogP contribution in [0.15, 0.2) is 24.3 Å². The number of amides is 1. The number of likely N-dealkylation sites (N-methyl/N-ethyl adjacent to an activating group) is 1. The third-order valence-electron chi connectivity index (χ3n) is 2.62. The SMILES string of the molecule is CSC(=S)C1C(=O)N(C)c2ccccc21. The number of thioether (sulfide) groups is 1. The van der Waals surface area contributed by atoms with Gasteiger partial charge in [-0.2, -0.15) is 0 Å². The first-order chi connectivity index (χ1) is 7.16. The molecule has 2 nitrogen and oxygen atoms in total. The van der Waals surface area contributed by atoms with Gasteiger partial charge in [-0.3, -0.25) is 4.79 Å². The van der Waals surface area contributed by atoms with E-state index in [1.807, 2.05) is 30.5 Å². The molecule has 1 unspecified atom stereocenters. The molecule has 0 fully saturated rings. The topological polar surface area (TPSA) is 20.3 Å². The Labute approximate surface area is 98.7 Å². The van der Waals surface area contributed by atoms with Crippen LogP contribution >= 0.6 is 24.0 Å². The number of para-hydroxylation sites is 1. The Bertz CT molecular complexity index is 430. The second-order valence-electron chi connectivity index (χ2n) is 3.41. The molecule has 1 amide bonds. The quantitative estimate of drug-likeness (QED) is 0.700. The maximum Gasteiger partial charge on any atom is 0.240 e. The Morgan fingerprint density at radius 2 is 2.13 bits per heavy atom. The first kappa shape index (κ1) is 10.6. The molecule has 4 heteroatoms. The molecule has 0 aliphatic carbocycles. The largest absolute Gasteiger partial charge is 0.314 e. The van der Waals surface area contributed by atoms with E-state index in [0.29, 0.717) is 0 Å². The molecule has 0 radical (unpaired) electrons. The first-order valence-electron chi connectivity index (χ1n) is 4.61. The molecular formula is C11H11NOS2. The summed E-state index contributed by atoms with van der Waals surface area (Å²) in [6.07, 6.45) is 1.91. The van der Waals surface area contributed by atoms with Gasteiger partial charge in [0.1, 0.15) is 5.92 Å². The normalized spacial score (nSPS) is 19.2. The predicted molar refractivity (Wildman–Crippen MR) is 68.7 cm³/mol. The highest BCUT2D eigenvalue weighted by Crippen LogP contribution is 2.38. The van der Waals surface area contributed by atoms with Crippen LogP contribution in [0.2, 0.25) is 0 Å². The van der Waals surface area contributed by atoms with E-state index in [-0.39, 0.29) is 11.8 Å². The van der Waals surface area contributed by atoms with Crippen LogP contribution in [0.25, 0.3) is 0 Å². The van der Waals surface area contributed by atoms with Crippen LogP contribution in [0, 0.1) is 0 Å². The van der Waals surface area contributed by atoms with Crippen molar-refractivity contribution in [3.05, 3.63) is 29.8 Å². The monoisotopic (exact) mass is 237 g/mol. The van der Waals surface area contributed by atoms with Crippen LogP contribution in [-0.4, -0.2) is 23.4 Å². The molecule has 0 saturated heterocycles. The summed E-state index contributed by atoms with van der Waals surface area (Å²) < 4.78 is 0.747. The molecule has 2 rings (SSSR count). The lowest BCUT2D eigenvalue weighted by Crippen LogP contribution is -2.26. The van der Waals surface area contributed by atoms with Crippen molar-refractivity contribution in [2.45, 2.75) is 5.92 Å². The standard InChI is InChI=1S/C11H11NOS2/c1-12-8-6-4-3-5-7(8)9(10(12)13)11(14)15-2/h3-6,9H,1-2H3. The van der Waals surface area contributed by atoms with Crippen LogP contribution in [0.3, 0.4) is 0 Å². The fraction of sp³-hybridized carbons (Fsp3) is 0.273. The summed E-state index contributed by atoms with van der Waals surface area (Å²) in [7, 11) is 1.80. The summed E-state index contributed by atoms with van der Waals surface area (Å²) >= 11 is 6.71. The fourth-order valence-corrected chi connectivity index (χ4v) is 2.52. The molecule has 1 aliphatic heterocycles. The summed E-state index contributed by atoms with van der Waals surface area (Å²) in [6.45, 7) is 0. The van der Waals surface area contributed by atoms with Gasteiger partial charge in [-0.05, 0) is 17.9 Å². The van der Waals surface area contributed by atoms with E-state index in [0.717, 1.165) is 15.4 Å². The number of hydrogen-bond donors (Lipinski definition) is 0. The first-order valence-corrected chi connectivity index (χ1v) is 6.24. The number of carbonyl (C=O) groups excluding carboxylic acids is 1. The number of anilines is 1. The van der Waals surface area contributed by atoms with Gasteiger partial charge in [-0.25, -0.2) is 0 Å². The molecule has 15 heavy (non-hydrogen) atoms. The molecule has 1 aromatic rings. The summed E-state index contributed by atoms with van der Waals surface area (Å²) in [5.41, 5.74) is 2.01. The molecule has 0 saturated carbocycles. The minimum absolute atomic E-state index is 0.0792. The number of benzene rings is 1. The molecule has 1 atom stereocenters. The van der Waals surface area contributed by atoms with Gasteiger partial charge >= 0.3 is 0 Å². The van der Waals surface area contributed by atoms with Crippen LogP contribution in [-0.2, 0) is 4.79 Å².